The molecule has 1 N–H and O–H groups in total. The molecular weight excluding hydrogens is 288 g/mol. The lowest BCUT2D eigenvalue weighted by atomic mass is 9.98. The van der Waals surface area contributed by atoms with E-state index in [9.17, 15) is 9.59 Å². The summed E-state index contributed by atoms with van der Waals surface area (Å²) in [6.07, 6.45) is 3.99. The van der Waals surface area contributed by atoms with Crippen molar-refractivity contribution in [3.05, 3.63) is 35.9 Å². The summed E-state index contributed by atoms with van der Waals surface area (Å²) in [6.45, 7) is 5.54. The van der Waals surface area contributed by atoms with Gasteiger partial charge in [-0.1, -0.05) is 44.2 Å². The summed E-state index contributed by atoms with van der Waals surface area (Å²) in [5, 5.41) is 3.02. The fourth-order valence-electron chi connectivity index (χ4n) is 3.17. The first-order valence-corrected chi connectivity index (χ1v) is 8.75. The van der Waals surface area contributed by atoms with Crippen molar-refractivity contribution in [2.75, 3.05) is 13.1 Å². The molecule has 0 bridgehead atoms. The second kappa shape index (κ2) is 8.70. The summed E-state index contributed by atoms with van der Waals surface area (Å²) in [6, 6.07) is 10.1. The monoisotopic (exact) mass is 316 g/mol. The summed E-state index contributed by atoms with van der Waals surface area (Å²) in [5.74, 6) is 0.535. The van der Waals surface area contributed by atoms with Crippen molar-refractivity contribution in [1.29, 1.82) is 0 Å². The highest BCUT2D eigenvalue weighted by Gasteiger charge is 2.33. The van der Waals surface area contributed by atoms with Crippen LogP contribution in [0.3, 0.4) is 0 Å². The predicted molar refractivity (Wildman–Crippen MR) is 92.1 cm³/mol. The Morgan fingerprint density at radius 2 is 2.04 bits per heavy atom. The molecule has 0 unspecified atom stereocenters. The van der Waals surface area contributed by atoms with Crippen LogP contribution in [0.2, 0.25) is 0 Å². The number of hydrogen-bond acceptors (Lipinski definition) is 2. The third-order valence-corrected chi connectivity index (χ3v) is 4.58. The second-order valence-corrected chi connectivity index (χ2v) is 6.39. The highest BCUT2D eigenvalue weighted by Crippen LogP contribution is 2.20. The zero-order valence-corrected chi connectivity index (χ0v) is 14.3. The molecule has 23 heavy (non-hydrogen) atoms. The first kappa shape index (κ1) is 17.5. The number of benzene rings is 1. The number of nitrogens with one attached hydrogen (secondary N) is 1. The molecule has 1 aliphatic heterocycles. The minimum absolute atomic E-state index is 0.00668. The van der Waals surface area contributed by atoms with Gasteiger partial charge in [0.25, 0.3) is 0 Å². The van der Waals surface area contributed by atoms with Gasteiger partial charge in [0.2, 0.25) is 11.8 Å². The Morgan fingerprint density at radius 1 is 1.30 bits per heavy atom. The molecule has 2 amide bonds. The zero-order chi connectivity index (χ0) is 16.7. The van der Waals surface area contributed by atoms with Crippen LogP contribution < -0.4 is 5.32 Å². The van der Waals surface area contributed by atoms with Gasteiger partial charge in [-0.3, -0.25) is 9.59 Å². The Hall–Kier alpha value is -1.84. The highest BCUT2D eigenvalue weighted by molar-refractivity contribution is 5.88. The third kappa shape index (κ3) is 4.81. The van der Waals surface area contributed by atoms with Crippen LogP contribution >= 0.6 is 0 Å². The van der Waals surface area contributed by atoms with Gasteiger partial charge in [0, 0.05) is 19.5 Å². The number of nitrogens with zero attached hydrogens (tertiary/aromatic N) is 1. The van der Waals surface area contributed by atoms with Gasteiger partial charge >= 0.3 is 0 Å². The average Bonchev–Trinajstić information content (AvgIpc) is 3.05. The lowest BCUT2D eigenvalue weighted by Gasteiger charge is -2.24. The van der Waals surface area contributed by atoms with Crippen LogP contribution in [0.5, 0.6) is 0 Å². The fourth-order valence-corrected chi connectivity index (χ4v) is 3.17. The number of carbonyl (C=O) groups excluding carboxylic acids is 2. The molecule has 0 saturated carbocycles. The summed E-state index contributed by atoms with van der Waals surface area (Å²) in [5.41, 5.74) is 1.29. The molecule has 1 aromatic rings. The molecule has 0 radical (unpaired) electrons. The maximum absolute atomic E-state index is 12.4. The van der Waals surface area contributed by atoms with E-state index in [1.165, 1.54) is 5.56 Å². The molecule has 1 saturated heterocycles. The number of hydrogen-bond donors (Lipinski definition) is 1. The van der Waals surface area contributed by atoms with Crippen LogP contribution in [0, 0.1) is 0 Å². The smallest absolute Gasteiger partial charge is 0.242 e. The molecule has 1 fully saturated rings. The summed E-state index contributed by atoms with van der Waals surface area (Å²) < 4.78 is 0. The van der Waals surface area contributed by atoms with Gasteiger partial charge in [0.15, 0.2) is 0 Å². The van der Waals surface area contributed by atoms with Crippen LogP contribution in [0.1, 0.15) is 57.4 Å². The SMILES string of the molecule is CCCC(=O)N1CCC[C@@H]1C(=O)NCC[C@H](C)c1ccccc1. The van der Waals surface area contributed by atoms with Crippen molar-refractivity contribution in [2.45, 2.75) is 57.9 Å². The maximum Gasteiger partial charge on any atom is 0.242 e. The molecule has 0 aromatic heterocycles. The van der Waals surface area contributed by atoms with Crippen LogP contribution in [0.4, 0.5) is 0 Å². The first-order chi connectivity index (χ1) is 11.1. The Labute approximate surface area is 139 Å². The molecular formula is C19H28N2O2. The number of carbonyl (C=O) groups is 2. The fraction of sp³-hybridized carbons (Fsp3) is 0.579. The Bertz CT molecular complexity index is 515. The first-order valence-electron chi connectivity index (χ1n) is 8.75. The van der Waals surface area contributed by atoms with E-state index in [0.29, 0.717) is 18.9 Å². The lowest BCUT2D eigenvalue weighted by Crippen LogP contribution is -2.46. The largest absolute Gasteiger partial charge is 0.354 e. The van der Waals surface area contributed by atoms with Gasteiger partial charge in [0.1, 0.15) is 6.04 Å². The molecule has 1 heterocycles. The van der Waals surface area contributed by atoms with Gasteiger partial charge in [-0.05, 0) is 37.2 Å². The molecule has 1 aromatic carbocycles. The number of likely N-dealkylation sites (tertiary alicyclic amines) is 1. The van der Waals surface area contributed by atoms with E-state index in [0.717, 1.165) is 32.2 Å². The maximum atomic E-state index is 12.4. The second-order valence-electron chi connectivity index (χ2n) is 6.39. The van der Waals surface area contributed by atoms with E-state index < -0.39 is 0 Å². The normalized spacial score (nSPS) is 18.7. The quantitative estimate of drug-likeness (QED) is 0.840. The Balaban J connectivity index is 1.79. The zero-order valence-electron chi connectivity index (χ0n) is 14.3. The molecule has 2 rings (SSSR count). The van der Waals surface area contributed by atoms with Gasteiger partial charge in [-0.15, -0.1) is 0 Å². The molecule has 4 nitrogen and oxygen atoms in total. The molecule has 4 heteroatoms. The summed E-state index contributed by atoms with van der Waals surface area (Å²) >= 11 is 0. The van der Waals surface area contributed by atoms with Crippen molar-refractivity contribution in [2.24, 2.45) is 0 Å². The average molecular weight is 316 g/mol. The predicted octanol–water partition coefficient (Wildman–Crippen LogP) is 3.09. The van der Waals surface area contributed by atoms with Crippen molar-refractivity contribution in [3.63, 3.8) is 0 Å². The van der Waals surface area contributed by atoms with Gasteiger partial charge < -0.3 is 10.2 Å². The molecule has 0 aliphatic carbocycles. The van der Waals surface area contributed by atoms with Crippen LogP contribution in [0.15, 0.2) is 30.3 Å². The minimum atomic E-state index is -0.263. The summed E-state index contributed by atoms with van der Waals surface area (Å²) in [4.78, 5) is 26.2. The van der Waals surface area contributed by atoms with Crippen LogP contribution in [-0.2, 0) is 9.59 Å². The number of rotatable bonds is 7. The topological polar surface area (TPSA) is 49.4 Å². The van der Waals surface area contributed by atoms with Gasteiger partial charge in [0.05, 0.1) is 0 Å². The Kier molecular flexibility index (Phi) is 6.63. The van der Waals surface area contributed by atoms with Crippen molar-refractivity contribution in [1.82, 2.24) is 10.2 Å². The summed E-state index contributed by atoms with van der Waals surface area (Å²) in [7, 11) is 0. The van der Waals surface area contributed by atoms with Crippen LogP contribution in [-0.4, -0.2) is 35.8 Å². The standard InChI is InChI=1S/C19H28N2O2/c1-3-8-18(22)21-14-7-11-17(21)19(23)20-13-12-15(2)16-9-5-4-6-10-16/h4-6,9-10,15,17H,3,7-8,11-14H2,1-2H3,(H,20,23)/t15-,17+/m0/s1. The Morgan fingerprint density at radius 3 is 2.74 bits per heavy atom. The van der Waals surface area contributed by atoms with E-state index in [1.54, 1.807) is 4.90 Å². The molecule has 2 atom stereocenters. The van der Waals surface area contributed by atoms with Crippen molar-refractivity contribution < 1.29 is 9.59 Å². The minimum Gasteiger partial charge on any atom is -0.354 e. The lowest BCUT2D eigenvalue weighted by molar-refractivity contribution is -0.138. The van der Waals surface area contributed by atoms with Crippen molar-refractivity contribution >= 4 is 11.8 Å². The number of amides is 2. The van der Waals surface area contributed by atoms with Crippen molar-refractivity contribution in [3.8, 4) is 0 Å². The van der Waals surface area contributed by atoms with E-state index >= 15 is 0 Å². The van der Waals surface area contributed by atoms with E-state index in [-0.39, 0.29) is 17.9 Å². The third-order valence-electron chi connectivity index (χ3n) is 4.58. The van der Waals surface area contributed by atoms with E-state index in [2.05, 4.69) is 24.4 Å². The highest BCUT2D eigenvalue weighted by atomic mass is 16.2. The van der Waals surface area contributed by atoms with Gasteiger partial charge in [-0.2, -0.15) is 0 Å². The molecule has 0 spiro atoms. The van der Waals surface area contributed by atoms with E-state index in [4.69, 9.17) is 0 Å². The molecule has 1 aliphatic rings. The van der Waals surface area contributed by atoms with Crippen LogP contribution in [0.25, 0.3) is 0 Å². The van der Waals surface area contributed by atoms with Gasteiger partial charge in [-0.25, -0.2) is 0 Å². The molecule has 126 valence electrons. The van der Waals surface area contributed by atoms with E-state index in [1.807, 2.05) is 25.1 Å².